The van der Waals surface area contributed by atoms with Crippen LogP contribution in [0.2, 0.25) is 0 Å². The smallest absolute Gasteiger partial charge is 0.410 e. The van der Waals surface area contributed by atoms with Crippen molar-refractivity contribution < 1.29 is 9.53 Å². The number of amides is 1. The molecular formula is C19H28N2O2. The van der Waals surface area contributed by atoms with Gasteiger partial charge in [0.05, 0.1) is 6.54 Å². The van der Waals surface area contributed by atoms with Crippen LogP contribution in [0.25, 0.3) is 0 Å². The van der Waals surface area contributed by atoms with E-state index >= 15 is 0 Å². The molecule has 0 aromatic heterocycles. The van der Waals surface area contributed by atoms with E-state index in [1.165, 1.54) is 11.1 Å². The van der Waals surface area contributed by atoms with Crippen LogP contribution in [0.3, 0.4) is 0 Å². The molecule has 1 unspecified atom stereocenters. The third kappa shape index (κ3) is 3.86. The molecule has 3 rings (SSSR count). The van der Waals surface area contributed by atoms with E-state index in [1.54, 1.807) is 4.90 Å². The number of carbonyl (C=O) groups is 1. The highest BCUT2D eigenvalue weighted by Crippen LogP contribution is 2.32. The van der Waals surface area contributed by atoms with Crippen molar-refractivity contribution in [1.82, 2.24) is 9.80 Å². The van der Waals surface area contributed by atoms with E-state index in [1.807, 2.05) is 7.05 Å². The van der Waals surface area contributed by atoms with Gasteiger partial charge in [0.15, 0.2) is 0 Å². The minimum absolute atomic E-state index is 0.176. The number of rotatable bonds is 4. The Balaban J connectivity index is 1.61. The quantitative estimate of drug-likeness (QED) is 0.854. The minimum Gasteiger partial charge on any atom is -0.440 e. The highest BCUT2D eigenvalue weighted by Gasteiger charge is 2.46. The molecule has 126 valence electrons. The first-order chi connectivity index (χ1) is 11.0. The summed E-state index contributed by atoms with van der Waals surface area (Å²) in [5, 5.41) is 0. The number of likely N-dealkylation sites (tertiary alicyclic amines) is 1. The number of ether oxygens (including phenoxy) is 1. The molecule has 2 aliphatic heterocycles. The molecule has 2 fully saturated rings. The summed E-state index contributed by atoms with van der Waals surface area (Å²) in [6.07, 6.45) is 3.03. The number of likely N-dealkylation sites (N-methyl/N-ethyl adjacent to an activating group) is 1. The summed E-state index contributed by atoms with van der Waals surface area (Å²) in [7, 11) is 1.82. The molecule has 1 amide bonds. The molecule has 2 heterocycles. The molecule has 0 bridgehead atoms. The fourth-order valence-corrected chi connectivity index (χ4v) is 3.84. The highest BCUT2D eigenvalue weighted by molar-refractivity contribution is 5.70. The maximum absolute atomic E-state index is 11.7. The summed E-state index contributed by atoms with van der Waals surface area (Å²) in [6, 6.07) is 8.98. The van der Waals surface area contributed by atoms with Crippen LogP contribution in [0.4, 0.5) is 4.79 Å². The lowest BCUT2D eigenvalue weighted by molar-refractivity contribution is -0.0113. The fourth-order valence-electron chi connectivity index (χ4n) is 3.84. The molecule has 0 saturated carbocycles. The Morgan fingerprint density at radius 2 is 1.87 bits per heavy atom. The van der Waals surface area contributed by atoms with Gasteiger partial charge in [-0.3, -0.25) is 4.90 Å². The predicted molar refractivity (Wildman–Crippen MR) is 91.3 cm³/mol. The second-order valence-electron chi connectivity index (χ2n) is 7.64. The number of hydrogen-bond donors (Lipinski definition) is 0. The fraction of sp³-hybridized carbons (Fsp3) is 0.632. The average molecular weight is 316 g/mol. The van der Waals surface area contributed by atoms with Crippen molar-refractivity contribution in [3.63, 3.8) is 0 Å². The molecule has 0 aliphatic carbocycles. The standard InChI is InChI=1S/C19H28N2O2/c1-15(2)11-16-5-7-17(8-6-16)12-21-10-4-9-19(14-21)13-20(3)18(22)23-19/h5-8,15H,4,9-14H2,1-3H3. The summed E-state index contributed by atoms with van der Waals surface area (Å²) in [5.41, 5.74) is 2.46. The first-order valence-corrected chi connectivity index (χ1v) is 8.70. The maximum atomic E-state index is 11.7. The zero-order chi connectivity index (χ0) is 16.4. The molecule has 1 aromatic rings. The monoisotopic (exact) mass is 316 g/mol. The Kier molecular flexibility index (Phi) is 4.62. The third-order valence-electron chi connectivity index (χ3n) is 4.83. The van der Waals surface area contributed by atoms with Gasteiger partial charge in [0.25, 0.3) is 0 Å². The van der Waals surface area contributed by atoms with E-state index in [4.69, 9.17) is 4.74 Å². The van der Waals surface area contributed by atoms with E-state index in [9.17, 15) is 4.79 Å². The van der Waals surface area contributed by atoms with Crippen molar-refractivity contribution in [3.05, 3.63) is 35.4 Å². The predicted octanol–water partition coefficient (Wildman–Crippen LogP) is 3.30. The zero-order valence-corrected chi connectivity index (χ0v) is 14.5. The van der Waals surface area contributed by atoms with Gasteiger partial charge < -0.3 is 9.64 Å². The molecule has 23 heavy (non-hydrogen) atoms. The Morgan fingerprint density at radius 1 is 1.17 bits per heavy atom. The Hall–Kier alpha value is -1.55. The van der Waals surface area contributed by atoms with Crippen LogP contribution in [0, 0.1) is 5.92 Å². The second kappa shape index (κ2) is 6.52. The van der Waals surface area contributed by atoms with E-state index in [2.05, 4.69) is 43.0 Å². The van der Waals surface area contributed by atoms with Crippen LogP contribution in [0.5, 0.6) is 0 Å². The first-order valence-electron chi connectivity index (χ1n) is 8.70. The summed E-state index contributed by atoms with van der Waals surface area (Å²) in [4.78, 5) is 15.8. The van der Waals surface area contributed by atoms with Gasteiger partial charge >= 0.3 is 6.09 Å². The van der Waals surface area contributed by atoms with Gasteiger partial charge in [0, 0.05) is 20.1 Å². The van der Waals surface area contributed by atoms with Crippen molar-refractivity contribution >= 4 is 6.09 Å². The topological polar surface area (TPSA) is 32.8 Å². The lowest BCUT2D eigenvalue weighted by atomic mass is 9.92. The molecule has 2 saturated heterocycles. The molecule has 2 aliphatic rings. The molecule has 1 atom stereocenters. The normalized spacial score (nSPS) is 25.4. The lowest BCUT2D eigenvalue weighted by Gasteiger charge is -2.38. The number of hydrogen-bond acceptors (Lipinski definition) is 3. The van der Waals surface area contributed by atoms with E-state index in [-0.39, 0.29) is 11.7 Å². The van der Waals surface area contributed by atoms with Crippen LogP contribution < -0.4 is 0 Å². The molecule has 4 nitrogen and oxygen atoms in total. The summed E-state index contributed by atoms with van der Waals surface area (Å²) >= 11 is 0. The molecule has 4 heteroatoms. The van der Waals surface area contributed by atoms with Crippen LogP contribution in [0.1, 0.15) is 37.8 Å². The van der Waals surface area contributed by atoms with Crippen molar-refractivity contribution in [2.45, 2.75) is 45.3 Å². The zero-order valence-electron chi connectivity index (χ0n) is 14.5. The van der Waals surface area contributed by atoms with Crippen LogP contribution in [-0.4, -0.2) is 48.2 Å². The van der Waals surface area contributed by atoms with E-state index in [0.717, 1.165) is 45.4 Å². The van der Waals surface area contributed by atoms with Gasteiger partial charge in [-0.1, -0.05) is 38.1 Å². The largest absolute Gasteiger partial charge is 0.440 e. The minimum atomic E-state index is -0.290. The Labute approximate surface area is 139 Å². The average Bonchev–Trinajstić information content (AvgIpc) is 2.74. The van der Waals surface area contributed by atoms with Gasteiger partial charge in [-0.05, 0) is 42.9 Å². The van der Waals surface area contributed by atoms with Gasteiger partial charge in [0.2, 0.25) is 0 Å². The maximum Gasteiger partial charge on any atom is 0.410 e. The lowest BCUT2D eigenvalue weighted by Crippen LogP contribution is -2.50. The van der Waals surface area contributed by atoms with Crippen molar-refractivity contribution in [3.8, 4) is 0 Å². The summed E-state index contributed by atoms with van der Waals surface area (Å²) in [6.45, 7) is 8.08. The number of nitrogens with zero attached hydrogens (tertiary/aromatic N) is 2. The molecule has 0 radical (unpaired) electrons. The van der Waals surface area contributed by atoms with Crippen LogP contribution in [-0.2, 0) is 17.7 Å². The molecular weight excluding hydrogens is 288 g/mol. The highest BCUT2D eigenvalue weighted by atomic mass is 16.6. The number of carbonyl (C=O) groups excluding carboxylic acids is 1. The SMILES string of the molecule is CC(C)Cc1ccc(CN2CCCC3(C2)CN(C)C(=O)O3)cc1. The van der Waals surface area contributed by atoms with Gasteiger partial charge in [-0.15, -0.1) is 0 Å². The summed E-state index contributed by atoms with van der Waals surface area (Å²) in [5.74, 6) is 0.692. The number of piperidine rings is 1. The van der Waals surface area contributed by atoms with E-state index < -0.39 is 0 Å². The number of benzene rings is 1. The Bertz CT molecular complexity index is 555. The van der Waals surface area contributed by atoms with Crippen LogP contribution >= 0.6 is 0 Å². The van der Waals surface area contributed by atoms with Gasteiger partial charge in [0.1, 0.15) is 5.60 Å². The molecule has 1 aromatic carbocycles. The molecule has 0 N–H and O–H groups in total. The van der Waals surface area contributed by atoms with Crippen molar-refractivity contribution in [2.24, 2.45) is 5.92 Å². The first kappa shape index (κ1) is 16.3. The van der Waals surface area contributed by atoms with E-state index in [0.29, 0.717) is 5.92 Å². The van der Waals surface area contributed by atoms with Gasteiger partial charge in [-0.2, -0.15) is 0 Å². The van der Waals surface area contributed by atoms with Crippen molar-refractivity contribution in [1.29, 1.82) is 0 Å². The summed E-state index contributed by atoms with van der Waals surface area (Å²) < 4.78 is 5.68. The second-order valence-corrected chi connectivity index (χ2v) is 7.64. The van der Waals surface area contributed by atoms with Gasteiger partial charge in [-0.25, -0.2) is 4.79 Å². The van der Waals surface area contributed by atoms with Crippen LogP contribution in [0.15, 0.2) is 24.3 Å². The van der Waals surface area contributed by atoms with Crippen molar-refractivity contribution in [2.75, 3.05) is 26.7 Å². The third-order valence-corrected chi connectivity index (χ3v) is 4.83. The Morgan fingerprint density at radius 3 is 2.48 bits per heavy atom. The molecule has 1 spiro atoms.